The molecule has 0 bridgehead atoms. The van der Waals surface area contributed by atoms with Crippen LogP contribution >= 0.6 is 0 Å². The van der Waals surface area contributed by atoms with Crippen molar-refractivity contribution in [2.24, 2.45) is 5.92 Å². The second-order valence-corrected chi connectivity index (χ2v) is 3.98. The summed E-state index contributed by atoms with van der Waals surface area (Å²) in [4.78, 5) is 0. The molecule has 0 radical (unpaired) electrons. The lowest BCUT2D eigenvalue weighted by molar-refractivity contribution is 0.108. The fourth-order valence-corrected chi connectivity index (χ4v) is 1.63. The Kier molecular flexibility index (Phi) is 4.68. The van der Waals surface area contributed by atoms with Gasteiger partial charge in [0.25, 0.3) is 0 Å². The van der Waals surface area contributed by atoms with Gasteiger partial charge in [0.05, 0.1) is 6.10 Å². The minimum atomic E-state index is -0.140. The number of aliphatic hydroxyl groups excluding tert-OH is 1. The van der Waals surface area contributed by atoms with E-state index in [1.807, 2.05) is 13.0 Å². The summed E-state index contributed by atoms with van der Waals surface area (Å²) in [6.45, 7) is 4.15. The molecule has 1 N–H and O–H groups in total. The SMILES string of the molecule is CC[C@H](O)C(C)CCc1ccccc1. The van der Waals surface area contributed by atoms with E-state index in [4.69, 9.17) is 0 Å². The summed E-state index contributed by atoms with van der Waals surface area (Å²) < 4.78 is 0. The Labute approximate surface area is 86.8 Å². The highest BCUT2D eigenvalue weighted by Gasteiger charge is 2.11. The van der Waals surface area contributed by atoms with Gasteiger partial charge in [-0.2, -0.15) is 0 Å². The maximum Gasteiger partial charge on any atom is 0.0563 e. The highest BCUT2D eigenvalue weighted by Crippen LogP contribution is 2.14. The van der Waals surface area contributed by atoms with Gasteiger partial charge < -0.3 is 5.11 Å². The third-order valence-electron chi connectivity index (χ3n) is 2.81. The van der Waals surface area contributed by atoms with Crippen LogP contribution < -0.4 is 0 Å². The molecular formula is C13H20O. The van der Waals surface area contributed by atoms with E-state index in [-0.39, 0.29) is 6.10 Å². The quantitative estimate of drug-likeness (QED) is 0.760. The van der Waals surface area contributed by atoms with E-state index in [9.17, 15) is 5.11 Å². The van der Waals surface area contributed by atoms with Gasteiger partial charge in [0, 0.05) is 0 Å². The van der Waals surface area contributed by atoms with Crippen molar-refractivity contribution >= 4 is 0 Å². The van der Waals surface area contributed by atoms with Crippen LogP contribution in [0.25, 0.3) is 0 Å². The fourth-order valence-electron chi connectivity index (χ4n) is 1.63. The summed E-state index contributed by atoms with van der Waals surface area (Å²) in [5.74, 6) is 0.403. The summed E-state index contributed by atoms with van der Waals surface area (Å²) >= 11 is 0. The Morgan fingerprint density at radius 2 is 1.86 bits per heavy atom. The van der Waals surface area contributed by atoms with Crippen molar-refractivity contribution in [1.82, 2.24) is 0 Å². The summed E-state index contributed by atoms with van der Waals surface area (Å²) in [5, 5.41) is 9.60. The van der Waals surface area contributed by atoms with Crippen LogP contribution in [0.3, 0.4) is 0 Å². The zero-order valence-corrected chi connectivity index (χ0v) is 9.11. The zero-order valence-electron chi connectivity index (χ0n) is 9.11. The molecule has 1 rings (SSSR count). The molecule has 0 spiro atoms. The summed E-state index contributed by atoms with van der Waals surface area (Å²) in [6, 6.07) is 10.5. The molecule has 0 fully saturated rings. The predicted octanol–water partition coefficient (Wildman–Crippen LogP) is 3.03. The number of rotatable bonds is 5. The van der Waals surface area contributed by atoms with Crippen LogP contribution in [0.15, 0.2) is 30.3 Å². The molecule has 0 saturated carbocycles. The number of hydrogen-bond donors (Lipinski definition) is 1. The van der Waals surface area contributed by atoms with Gasteiger partial charge in [-0.1, -0.05) is 44.2 Å². The van der Waals surface area contributed by atoms with Gasteiger partial charge in [0.15, 0.2) is 0 Å². The van der Waals surface area contributed by atoms with E-state index in [2.05, 4.69) is 31.2 Å². The van der Waals surface area contributed by atoms with Gasteiger partial charge in [-0.05, 0) is 30.7 Å². The summed E-state index contributed by atoms with van der Waals surface area (Å²) in [7, 11) is 0. The van der Waals surface area contributed by atoms with Gasteiger partial charge >= 0.3 is 0 Å². The van der Waals surface area contributed by atoms with E-state index >= 15 is 0 Å². The largest absolute Gasteiger partial charge is 0.393 e. The number of aryl methyl sites for hydroxylation is 1. The smallest absolute Gasteiger partial charge is 0.0563 e. The van der Waals surface area contributed by atoms with Crippen LogP contribution in [0.4, 0.5) is 0 Å². The molecule has 2 atom stereocenters. The minimum absolute atomic E-state index is 0.140. The zero-order chi connectivity index (χ0) is 10.4. The Morgan fingerprint density at radius 3 is 2.43 bits per heavy atom. The Balaban J connectivity index is 2.34. The summed E-state index contributed by atoms with van der Waals surface area (Å²) in [5.41, 5.74) is 1.36. The molecule has 78 valence electrons. The van der Waals surface area contributed by atoms with Crippen molar-refractivity contribution in [2.45, 2.75) is 39.2 Å². The van der Waals surface area contributed by atoms with Crippen LogP contribution in [0.1, 0.15) is 32.3 Å². The predicted molar refractivity (Wildman–Crippen MR) is 60.2 cm³/mol. The van der Waals surface area contributed by atoms with E-state index in [0.29, 0.717) is 5.92 Å². The third-order valence-corrected chi connectivity index (χ3v) is 2.81. The Hall–Kier alpha value is -0.820. The van der Waals surface area contributed by atoms with Crippen molar-refractivity contribution in [3.8, 4) is 0 Å². The standard InChI is InChI=1S/C13H20O/c1-3-13(14)11(2)9-10-12-7-5-4-6-8-12/h4-8,11,13-14H,3,9-10H2,1-2H3/t11?,13-/m0/s1. The maximum absolute atomic E-state index is 9.60. The molecule has 0 heterocycles. The normalized spacial score (nSPS) is 15.1. The second-order valence-electron chi connectivity index (χ2n) is 3.98. The molecule has 0 aliphatic heterocycles. The molecule has 1 aromatic carbocycles. The first kappa shape index (κ1) is 11.3. The first-order valence-corrected chi connectivity index (χ1v) is 5.46. The average Bonchev–Trinajstić information content (AvgIpc) is 2.26. The monoisotopic (exact) mass is 192 g/mol. The maximum atomic E-state index is 9.60. The van der Waals surface area contributed by atoms with E-state index < -0.39 is 0 Å². The van der Waals surface area contributed by atoms with E-state index in [1.165, 1.54) is 5.56 Å². The van der Waals surface area contributed by atoms with E-state index in [0.717, 1.165) is 19.3 Å². The molecule has 0 aromatic heterocycles. The molecule has 0 amide bonds. The summed E-state index contributed by atoms with van der Waals surface area (Å²) in [6.07, 6.45) is 2.85. The molecule has 0 aliphatic rings. The molecular weight excluding hydrogens is 172 g/mol. The van der Waals surface area contributed by atoms with Gasteiger partial charge in [-0.25, -0.2) is 0 Å². The van der Waals surface area contributed by atoms with Crippen molar-refractivity contribution in [3.05, 3.63) is 35.9 Å². The van der Waals surface area contributed by atoms with Crippen LogP contribution in [-0.4, -0.2) is 11.2 Å². The molecule has 1 heteroatoms. The molecule has 1 unspecified atom stereocenters. The Morgan fingerprint density at radius 1 is 1.21 bits per heavy atom. The van der Waals surface area contributed by atoms with Crippen LogP contribution in [0, 0.1) is 5.92 Å². The highest BCUT2D eigenvalue weighted by atomic mass is 16.3. The lowest BCUT2D eigenvalue weighted by Gasteiger charge is -2.16. The van der Waals surface area contributed by atoms with Crippen molar-refractivity contribution in [1.29, 1.82) is 0 Å². The van der Waals surface area contributed by atoms with Crippen LogP contribution in [-0.2, 0) is 6.42 Å². The van der Waals surface area contributed by atoms with Gasteiger partial charge in [-0.15, -0.1) is 0 Å². The highest BCUT2D eigenvalue weighted by molar-refractivity contribution is 5.14. The second kappa shape index (κ2) is 5.82. The van der Waals surface area contributed by atoms with Crippen molar-refractivity contribution in [2.75, 3.05) is 0 Å². The van der Waals surface area contributed by atoms with Gasteiger partial charge in [-0.3, -0.25) is 0 Å². The molecule has 0 aliphatic carbocycles. The topological polar surface area (TPSA) is 20.2 Å². The van der Waals surface area contributed by atoms with Gasteiger partial charge in [0.2, 0.25) is 0 Å². The van der Waals surface area contributed by atoms with Gasteiger partial charge in [0.1, 0.15) is 0 Å². The molecule has 14 heavy (non-hydrogen) atoms. The number of benzene rings is 1. The van der Waals surface area contributed by atoms with Crippen molar-refractivity contribution < 1.29 is 5.11 Å². The van der Waals surface area contributed by atoms with Crippen LogP contribution in [0.2, 0.25) is 0 Å². The van der Waals surface area contributed by atoms with Crippen LogP contribution in [0.5, 0.6) is 0 Å². The number of hydrogen-bond acceptors (Lipinski definition) is 1. The van der Waals surface area contributed by atoms with E-state index in [1.54, 1.807) is 0 Å². The lowest BCUT2D eigenvalue weighted by atomic mass is 9.95. The minimum Gasteiger partial charge on any atom is -0.393 e. The number of aliphatic hydroxyl groups is 1. The fraction of sp³-hybridized carbons (Fsp3) is 0.538. The molecule has 1 nitrogen and oxygen atoms in total. The lowest BCUT2D eigenvalue weighted by Crippen LogP contribution is -2.16. The average molecular weight is 192 g/mol. The molecule has 0 saturated heterocycles. The first-order chi connectivity index (χ1) is 6.74. The molecule has 1 aromatic rings. The first-order valence-electron chi connectivity index (χ1n) is 5.46. The Bertz CT molecular complexity index is 243. The van der Waals surface area contributed by atoms with Crippen molar-refractivity contribution in [3.63, 3.8) is 0 Å². The third kappa shape index (κ3) is 3.51.